The van der Waals surface area contributed by atoms with Gasteiger partial charge in [0.25, 0.3) is 5.56 Å². The number of nitrogens with zero attached hydrogens (tertiary/aromatic N) is 2. The van der Waals surface area contributed by atoms with Gasteiger partial charge in [0.1, 0.15) is 0 Å². The molecule has 1 fully saturated rings. The molecule has 1 aromatic heterocycles. The molecule has 1 aromatic rings. The largest absolute Gasteiger partial charge is 0.393 e. The molecule has 0 saturated heterocycles. The fourth-order valence-corrected chi connectivity index (χ4v) is 1.95. The predicted octanol–water partition coefficient (Wildman–Crippen LogP) is -1.30. The van der Waals surface area contributed by atoms with Crippen LogP contribution in [0.15, 0.2) is 15.7 Å². The van der Waals surface area contributed by atoms with Gasteiger partial charge in [-0.25, -0.2) is 4.79 Å². The van der Waals surface area contributed by atoms with Crippen molar-refractivity contribution in [2.24, 2.45) is 14.1 Å². The fraction of sp³-hybridized carbons (Fsp3) is 0.636. The van der Waals surface area contributed by atoms with E-state index in [1.54, 1.807) is 7.05 Å². The Morgan fingerprint density at radius 1 is 1.35 bits per heavy atom. The summed E-state index contributed by atoms with van der Waals surface area (Å²) in [6.07, 6.45) is 1.26. The van der Waals surface area contributed by atoms with E-state index in [0.29, 0.717) is 12.2 Å². The number of hydrogen-bond acceptors (Lipinski definition) is 4. The smallest absolute Gasteiger partial charge is 0.330 e. The molecule has 1 aliphatic carbocycles. The zero-order chi connectivity index (χ0) is 12.6. The molecule has 2 rings (SSSR count). The van der Waals surface area contributed by atoms with Crippen molar-refractivity contribution in [1.82, 2.24) is 14.5 Å². The third-order valence-electron chi connectivity index (χ3n) is 3.31. The van der Waals surface area contributed by atoms with E-state index in [1.807, 2.05) is 0 Å². The van der Waals surface area contributed by atoms with Crippen LogP contribution in [0.4, 0.5) is 0 Å². The molecule has 0 radical (unpaired) electrons. The van der Waals surface area contributed by atoms with Gasteiger partial charge >= 0.3 is 5.69 Å². The summed E-state index contributed by atoms with van der Waals surface area (Å²) in [4.78, 5) is 23.1. The summed E-state index contributed by atoms with van der Waals surface area (Å²) in [5.41, 5.74) is 0.0565. The first kappa shape index (κ1) is 12.1. The molecule has 1 aliphatic rings. The van der Waals surface area contributed by atoms with E-state index in [4.69, 9.17) is 5.11 Å². The Kier molecular flexibility index (Phi) is 3.17. The number of aromatic nitrogens is 2. The molecule has 1 saturated carbocycles. The number of hydrogen-bond donors (Lipinski definition) is 2. The summed E-state index contributed by atoms with van der Waals surface area (Å²) >= 11 is 0. The molecule has 6 heteroatoms. The topological polar surface area (TPSA) is 76.3 Å². The lowest BCUT2D eigenvalue weighted by Gasteiger charge is -2.32. The fourth-order valence-electron chi connectivity index (χ4n) is 1.95. The van der Waals surface area contributed by atoms with Crippen molar-refractivity contribution in [3.63, 3.8) is 0 Å². The second-order valence-corrected chi connectivity index (χ2v) is 4.58. The van der Waals surface area contributed by atoms with E-state index in [9.17, 15) is 9.59 Å². The molecule has 0 amide bonds. The molecule has 1 heterocycles. The van der Waals surface area contributed by atoms with Crippen LogP contribution in [0.3, 0.4) is 0 Å². The van der Waals surface area contributed by atoms with Crippen molar-refractivity contribution < 1.29 is 5.11 Å². The van der Waals surface area contributed by atoms with E-state index in [0.717, 1.165) is 17.4 Å². The van der Waals surface area contributed by atoms with Crippen LogP contribution in [-0.4, -0.2) is 26.4 Å². The Morgan fingerprint density at radius 2 is 2.00 bits per heavy atom. The summed E-state index contributed by atoms with van der Waals surface area (Å²) in [5, 5.41) is 12.4. The van der Waals surface area contributed by atoms with Gasteiger partial charge in [-0.15, -0.1) is 0 Å². The first-order chi connectivity index (χ1) is 7.99. The van der Waals surface area contributed by atoms with Crippen LogP contribution in [0.1, 0.15) is 18.5 Å². The molecule has 0 aliphatic heterocycles. The van der Waals surface area contributed by atoms with Crippen molar-refractivity contribution in [3.8, 4) is 0 Å². The lowest BCUT2D eigenvalue weighted by molar-refractivity contribution is 0.0616. The molecule has 0 bridgehead atoms. The highest BCUT2D eigenvalue weighted by molar-refractivity contribution is 5.02. The molecule has 2 N–H and O–H groups in total. The highest BCUT2D eigenvalue weighted by Crippen LogP contribution is 2.19. The number of nitrogens with one attached hydrogen (secondary N) is 1. The Labute approximate surface area is 98.5 Å². The maximum atomic E-state index is 11.6. The molecule has 0 aromatic carbocycles. The van der Waals surface area contributed by atoms with Gasteiger partial charge in [-0.2, -0.15) is 0 Å². The van der Waals surface area contributed by atoms with Gasteiger partial charge in [0.05, 0.1) is 6.10 Å². The lowest BCUT2D eigenvalue weighted by atomic mass is 9.89. The van der Waals surface area contributed by atoms with Crippen molar-refractivity contribution in [2.75, 3.05) is 0 Å². The van der Waals surface area contributed by atoms with Crippen LogP contribution in [0.2, 0.25) is 0 Å². The lowest BCUT2D eigenvalue weighted by Crippen LogP contribution is -2.45. The van der Waals surface area contributed by atoms with Gasteiger partial charge in [0, 0.05) is 38.4 Å². The zero-order valence-electron chi connectivity index (χ0n) is 10.0. The van der Waals surface area contributed by atoms with Crippen LogP contribution < -0.4 is 16.6 Å². The molecule has 17 heavy (non-hydrogen) atoms. The number of aliphatic hydroxyl groups is 1. The normalized spacial score (nSPS) is 23.5. The van der Waals surface area contributed by atoms with Crippen LogP contribution in [0.25, 0.3) is 0 Å². The minimum Gasteiger partial charge on any atom is -0.393 e. The highest BCUT2D eigenvalue weighted by atomic mass is 16.3. The quantitative estimate of drug-likeness (QED) is 0.687. The van der Waals surface area contributed by atoms with Gasteiger partial charge in [0.2, 0.25) is 0 Å². The Morgan fingerprint density at radius 3 is 2.59 bits per heavy atom. The van der Waals surface area contributed by atoms with Crippen LogP contribution in [-0.2, 0) is 20.6 Å². The molecular formula is C11H17N3O3. The van der Waals surface area contributed by atoms with E-state index in [2.05, 4.69) is 5.32 Å². The third-order valence-corrected chi connectivity index (χ3v) is 3.31. The van der Waals surface area contributed by atoms with Gasteiger partial charge in [-0.1, -0.05) is 0 Å². The van der Waals surface area contributed by atoms with Gasteiger partial charge in [-0.3, -0.25) is 13.9 Å². The zero-order valence-corrected chi connectivity index (χ0v) is 10.0. The van der Waals surface area contributed by atoms with E-state index >= 15 is 0 Å². The summed E-state index contributed by atoms with van der Waals surface area (Å²) in [6, 6.07) is 1.74. The maximum Gasteiger partial charge on any atom is 0.330 e. The summed E-state index contributed by atoms with van der Waals surface area (Å²) in [6.45, 7) is 0.471. The molecule has 94 valence electrons. The SMILES string of the molecule is Cn1c(CNC2CC(O)C2)cc(=O)n(C)c1=O. The average Bonchev–Trinajstić information content (AvgIpc) is 2.26. The standard InChI is InChI=1S/C11H17N3O3/c1-13-8(5-10(16)14(2)11(13)17)6-12-7-3-9(15)4-7/h5,7,9,12,15H,3-4,6H2,1-2H3. The molecule has 6 nitrogen and oxygen atoms in total. The number of aliphatic hydroxyl groups excluding tert-OH is 1. The van der Waals surface area contributed by atoms with Crippen LogP contribution in [0, 0.1) is 0 Å². The molecule has 0 spiro atoms. The summed E-state index contributed by atoms with van der Waals surface area (Å²) in [7, 11) is 3.11. The second-order valence-electron chi connectivity index (χ2n) is 4.58. The average molecular weight is 239 g/mol. The molecule has 0 unspecified atom stereocenters. The second kappa shape index (κ2) is 4.46. The third kappa shape index (κ3) is 2.32. The van der Waals surface area contributed by atoms with Crippen molar-refractivity contribution in [1.29, 1.82) is 0 Å². The molecular weight excluding hydrogens is 222 g/mol. The van der Waals surface area contributed by atoms with E-state index < -0.39 is 0 Å². The maximum absolute atomic E-state index is 11.6. The van der Waals surface area contributed by atoms with E-state index in [-0.39, 0.29) is 23.4 Å². The minimum absolute atomic E-state index is 0.208. The summed E-state index contributed by atoms with van der Waals surface area (Å²) < 4.78 is 2.54. The van der Waals surface area contributed by atoms with Gasteiger partial charge < -0.3 is 10.4 Å². The minimum atomic E-state index is -0.317. The molecule has 0 atom stereocenters. The van der Waals surface area contributed by atoms with E-state index in [1.165, 1.54) is 17.7 Å². The predicted molar refractivity (Wildman–Crippen MR) is 62.8 cm³/mol. The van der Waals surface area contributed by atoms with Gasteiger partial charge in [-0.05, 0) is 12.8 Å². The highest BCUT2D eigenvalue weighted by Gasteiger charge is 2.26. The Hall–Kier alpha value is -1.40. The number of rotatable bonds is 3. The van der Waals surface area contributed by atoms with Crippen molar-refractivity contribution in [3.05, 3.63) is 32.6 Å². The van der Waals surface area contributed by atoms with Gasteiger partial charge in [0.15, 0.2) is 0 Å². The van der Waals surface area contributed by atoms with Crippen molar-refractivity contribution in [2.45, 2.75) is 31.5 Å². The Balaban J connectivity index is 2.11. The Bertz CT molecular complexity index is 526. The van der Waals surface area contributed by atoms with Crippen molar-refractivity contribution >= 4 is 0 Å². The first-order valence-corrected chi connectivity index (χ1v) is 5.66. The first-order valence-electron chi connectivity index (χ1n) is 5.66. The van der Waals surface area contributed by atoms with Crippen LogP contribution in [0.5, 0.6) is 0 Å². The van der Waals surface area contributed by atoms with Crippen LogP contribution >= 0.6 is 0 Å². The summed E-state index contributed by atoms with van der Waals surface area (Å²) in [5.74, 6) is 0. The monoisotopic (exact) mass is 239 g/mol.